The average Bonchev–Trinajstić information content (AvgIpc) is 3.60. The van der Waals surface area contributed by atoms with Crippen LogP contribution in [-0.2, 0) is 5.41 Å². The molecule has 11 rings (SSSR count). The quantitative estimate of drug-likeness (QED) is 0.140. The molecule has 9 aromatic rings. The summed E-state index contributed by atoms with van der Waals surface area (Å²) in [7, 11) is 0. The molecule has 0 bridgehead atoms. The molecule has 64 heavy (non-hydrogen) atoms. The lowest BCUT2D eigenvalue weighted by atomic mass is 9.79. The maximum Gasteiger partial charge on any atom is 0.0465 e. The molecule has 1 heteroatoms. The van der Waals surface area contributed by atoms with E-state index in [1.54, 1.807) is 0 Å². The highest BCUT2D eigenvalue weighted by molar-refractivity contribution is 6.07. The first-order valence-corrected chi connectivity index (χ1v) is 23.2. The van der Waals surface area contributed by atoms with Gasteiger partial charge in [-0.05, 0) is 145 Å². The number of fused-ring (bicyclic) bond motifs is 3. The van der Waals surface area contributed by atoms with Gasteiger partial charge >= 0.3 is 0 Å². The summed E-state index contributed by atoms with van der Waals surface area (Å²) in [6, 6.07) is 81.2. The van der Waals surface area contributed by atoms with Gasteiger partial charge in [0.15, 0.2) is 0 Å². The lowest BCUT2D eigenvalue weighted by molar-refractivity contribution is 0.443. The lowest BCUT2D eigenvalue weighted by Crippen LogP contribution is -2.16. The van der Waals surface area contributed by atoms with E-state index in [1.165, 1.54) is 127 Å². The Balaban J connectivity index is 1.13. The van der Waals surface area contributed by atoms with E-state index in [0.717, 1.165) is 5.69 Å². The predicted molar refractivity (Wildman–Crippen MR) is 272 cm³/mol. The molecule has 0 unspecified atom stereocenters. The molecule has 310 valence electrons. The number of nitrogens with zero attached hydrogens (tertiary/aromatic N) is 1. The van der Waals surface area contributed by atoms with Gasteiger partial charge < -0.3 is 4.90 Å². The van der Waals surface area contributed by atoms with Gasteiger partial charge in [-0.2, -0.15) is 0 Å². The largest absolute Gasteiger partial charge is 0.310 e. The Hall–Kier alpha value is -7.22. The summed E-state index contributed by atoms with van der Waals surface area (Å²) in [6.07, 6.45) is 6.60. The summed E-state index contributed by atoms with van der Waals surface area (Å²) in [6.45, 7) is 4.75. The van der Waals surface area contributed by atoms with Gasteiger partial charge in [-0.15, -0.1) is 0 Å². The zero-order valence-corrected chi connectivity index (χ0v) is 36.8. The molecular weight excluding hydrogens is 771 g/mol. The molecular formula is C63H53N. The zero-order chi connectivity index (χ0) is 43.0. The van der Waals surface area contributed by atoms with Crippen LogP contribution in [0, 0.1) is 0 Å². The van der Waals surface area contributed by atoms with E-state index in [2.05, 4.69) is 237 Å². The van der Waals surface area contributed by atoms with Crippen LogP contribution in [0.15, 0.2) is 218 Å². The van der Waals surface area contributed by atoms with Crippen molar-refractivity contribution in [2.24, 2.45) is 0 Å². The first kappa shape index (κ1) is 39.6. The molecule has 0 aromatic heterocycles. The van der Waals surface area contributed by atoms with Gasteiger partial charge in [0.2, 0.25) is 0 Å². The van der Waals surface area contributed by atoms with Gasteiger partial charge in [-0.25, -0.2) is 0 Å². The summed E-state index contributed by atoms with van der Waals surface area (Å²) >= 11 is 0. The van der Waals surface area contributed by atoms with Gasteiger partial charge in [-0.1, -0.05) is 209 Å². The van der Waals surface area contributed by atoms with Crippen molar-refractivity contribution >= 4 is 17.1 Å². The molecule has 0 saturated heterocycles. The molecule has 1 fully saturated rings. The second-order valence-electron chi connectivity index (χ2n) is 18.3. The van der Waals surface area contributed by atoms with Gasteiger partial charge in [0.25, 0.3) is 0 Å². The van der Waals surface area contributed by atoms with Crippen LogP contribution in [0.4, 0.5) is 17.1 Å². The van der Waals surface area contributed by atoms with E-state index in [-0.39, 0.29) is 5.41 Å². The summed E-state index contributed by atoms with van der Waals surface area (Å²) in [5, 5.41) is 0. The van der Waals surface area contributed by atoms with E-state index in [4.69, 9.17) is 0 Å². The van der Waals surface area contributed by atoms with Crippen LogP contribution in [-0.4, -0.2) is 0 Å². The van der Waals surface area contributed by atoms with Crippen molar-refractivity contribution in [1.82, 2.24) is 0 Å². The number of hydrogen-bond donors (Lipinski definition) is 0. The average molecular weight is 824 g/mol. The molecule has 0 radical (unpaired) electrons. The van der Waals surface area contributed by atoms with E-state index in [0.29, 0.717) is 5.92 Å². The molecule has 0 aliphatic heterocycles. The molecule has 0 atom stereocenters. The van der Waals surface area contributed by atoms with E-state index in [1.807, 2.05) is 0 Å². The second kappa shape index (κ2) is 16.8. The Morgan fingerprint density at radius 2 is 0.781 bits per heavy atom. The normalized spacial score (nSPS) is 14.2. The summed E-state index contributed by atoms with van der Waals surface area (Å²) in [4.78, 5) is 2.47. The smallest absolute Gasteiger partial charge is 0.0465 e. The fourth-order valence-electron chi connectivity index (χ4n) is 10.9. The highest BCUT2D eigenvalue weighted by atomic mass is 15.1. The van der Waals surface area contributed by atoms with Crippen LogP contribution >= 0.6 is 0 Å². The molecule has 0 heterocycles. The lowest BCUT2D eigenvalue weighted by Gasteiger charge is -2.29. The molecule has 1 nitrogen and oxygen atoms in total. The topological polar surface area (TPSA) is 3.24 Å². The third kappa shape index (κ3) is 7.16. The monoisotopic (exact) mass is 823 g/mol. The van der Waals surface area contributed by atoms with Crippen molar-refractivity contribution in [3.63, 3.8) is 0 Å². The minimum absolute atomic E-state index is 0.107. The maximum absolute atomic E-state index is 2.47. The Morgan fingerprint density at radius 1 is 0.344 bits per heavy atom. The molecule has 2 aliphatic rings. The second-order valence-corrected chi connectivity index (χ2v) is 18.3. The predicted octanol–water partition coefficient (Wildman–Crippen LogP) is 17.8. The van der Waals surface area contributed by atoms with Crippen LogP contribution in [0.1, 0.15) is 68.6 Å². The summed E-state index contributed by atoms with van der Waals surface area (Å²) in [5.74, 6) is 0.653. The first-order valence-electron chi connectivity index (χ1n) is 23.2. The van der Waals surface area contributed by atoms with Crippen molar-refractivity contribution in [2.75, 3.05) is 4.90 Å². The van der Waals surface area contributed by atoms with Crippen LogP contribution in [0.3, 0.4) is 0 Å². The van der Waals surface area contributed by atoms with Crippen molar-refractivity contribution in [2.45, 2.75) is 57.3 Å². The number of anilines is 3. The first-order chi connectivity index (χ1) is 31.5. The zero-order valence-electron chi connectivity index (χ0n) is 36.8. The Kier molecular flexibility index (Phi) is 10.4. The van der Waals surface area contributed by atoms with Crippen molar-refractivity contribution in [1.29, 1.82) is 0 Å². The molecule has 0 spiro atoms. The molecule has 0 N–H and O–H groups in total. The number of hydrogen-bond acceptors (Lipinski definition) is 1. The highest BCUT2D eigenvalue weighted by Gasteiger charge is 2.36. The van der Waals surface area contributed by atoms with E-state index < -0.39 is 0 Å². The van der Waals surface area contributed by atoms with Crippen LogP contribution in [0.2, 0.25) is 0 Å². The van der Waals surface area contributed by atoms with Crippen molar-refractivity contribution in [3.8, 4) is 66.8 Å². The van der Waals surface area contributed by atoms with E-state index in [9.17, 15) is 0 Å². The Morgan fingerprint density at radius 3 is 1.33 bits per heavy atom. The molecule has 0 amide bonds. The van der Waals surface area contributed by atoms with Gasteiger partial charge in [0, 0.05) is 22.5 Å². The van der Waals surface area contributed by atoms with Gasteiger partial charge in [0.05, 0.1) is 0 Å². The molecule has 9 aromatic carbocycles. The highest BCUT2D eigenvalue weighted by Crippen LogP contribution is 2.53. The third-order valence-corrected chi connectivity index (χ3v) is 14.1. The van der Waals surface area contributed by atoms with Gasteiger partial charge in [0.1, 0.15) is 0 Å². The maximum atomic E-state index is 2.47. The number of benzene rings is 9. The van der Waals surface area contributed by atoms with Crippen molar-refractivity contribution < 1.29 is 0 Å². The van der Waals surface area contributed by atoms with E-state index >= 15 is 0 Å². The molecule has 2 aliphatic carbocycles. The summed E-state index contributed by atoms with van der Waals surface area (Å²) < 4.78 is 0. The Labute approximate surface area is 379 Å². The van der Waals surface area contributed by atoms with Crippen molar-refractivity contribution in [3.05, 3.63) is 235 Å². The summed E-state index contributed by atoms with van der Waals surface area (Å²) in [5.41, 5.74) is 22.4. The number of rotatable bonds is 9. The fraction of sp³-hybridized carbons (Fsp3) is 0.143. The van der Waals surface area contributed by atoms with Gasteiger partial charge in [-0.3, -0.25) is 0 Å². The van der Waals surface area contributed by atoms with Crippen LogP contribution in [0.25, 0.3) is 66.8 Å². The minimum atomic E-state index is -0.107. The van der Waals surface area contributed by atoms with Crippen LogP contribution in [0.5, 0.6) is 0 Å². The minimum Gasteiger partial charge on any atom is -0.310 e. The van der Waals surface area contributed by atoms with Crippen LogP contribution < -0.4 is 4.90 Å². The standard InChI is InChI=1S/C63H53N/c1-63(2)58-31-19-18-30-54(58)55-41-40-53(42-59(55)63)64(51-36-32-45(33-37-51)44-20-8-3-9-21-44)52-38-34-50(35-39-52)62-60(48-26-14-6-15-27-48)56(46-22-10-4-11-23-46)43-57(47-24-12-5-13-25-47)61(62)49-28-16-7-17-29-49/h4-7,10-19,22-44H,3,8-9,20-21H2,1-2H3. The fourth-order valence-corrected chi connectivity index (χ4v) is 10.9. The Bertz CT molecular complexity index is 2950. The molecule has 1 saturated carbocycles. The third-order valence-electron chi connectivity index (χ3n) is 14.1. The SMILES string of the molecule is CC1(C)c2ccccc2-c2ccc(N(c3ccc(-c4c(-c5ccccc5)c(-c5ccccc5)cc(-c5ccccc5)c4-c4ccccc4)cc3)c3ccc(C4CCCCC4)cc3)cc21.